The van der Waals surface area contributed by atoms with Gasteiger partial charge in [0.25, 0.3) is 0 Å². The fraction of sp³-hybridized carbons (Fsp3) is 1.00. The first-order chi connectivity index (χ1) is 5.27. The lowest BCUT2D eigenvalue weighted by Crippen LogP contribution is -2.38. The van der Waals surface area contributed by atoms with E-state index in [1.54, 1.807) is 0 Å². The molecule has 1 heterocycles. The molecule has 1 aliphatic rings. The molecule has 0 aromatic heterocycles. The molecule has 0 atom stereocenters. The zero-order chi connectivity index (χ0) is 9.33. The fourth-order valence-electron chi connectivity index (χ4n) is 0.655. The molecule has 1 rings (SSSR count). The quantitative estimate of drug-likeness (QED) is 0.638. The number of ether oxygens (including phenoxy) is 1. The van der Waals surface area contributed by atoms with E-state index in [1.807, 2.05) is 13.8 Å². The van der Waals surface area contributed by atoms with Gasteiger partial charge in [-0.3, -0.25) is 0 Å². The summed E-state index contributed by atoms with van der Waals surface area (Å²) in [5.41, 5.74) is 5.04. The van der Waals surface area contributed by atoms with Gasteiger partial charge in [0.1, 0.15) is 0 Å². The SMILES string of the molecule is CC.CCC1(C)COC1.CN. The monoisotopic (exact) mass is 161 g/mol. The molecule has 2 heteroatoms. The molecule has 1 saturated heterocycles. The van der Waals surface area contributed by atoms with E-state index < -0.39 is 0 Å². The molecule has 0 aromatic carbocycles. The molecule has 11 heavy (non-hydrogen) atoms. The predicted molar refractivity (Wildman–Crippen MR) is 50.7 cm³/mol. The van der Waals surface area contributed by atoms with Gasteiger partial charge in [0.2, 0.25) is 0 Å². The first-order valence-corrected chi connectivity index (χ1v) is 4.42. The normalized spacial score (nSPS) is 18.0. The standard InChI is InChI=1S/C6H12O.C2H6.CH5N/c1-3-6(2)4-7-5-6;2*1-2/h3-5H2,1-2H3;1-2H3;2H2,1H3. The number of hydrogen-bond acceptors (Lipinski definition) is 2. The summed E-state index contributed by atoms with van der Waals surface area (Å²) in [4.78, 5) is 0. The Morgan fingerprint density at radius 3 is 1.64 bits per heavy atom. The van der Waals surface area contributed by atoms with Gasteiger partial charge in [-0.05, 0) is 13.5 Å². The Labute approximate surface area is 71.1 Å². The number of hydrogen-bond donors (Lipinski definition) is 1. The fourth-order valence-corrected chi connectivity index (χ4v) is 0.655. The van der Waals surface area contributed by atoms with Crippen LogP contribution in [0.1, 0.15) is 34.1 Å². The van der Waals surface area contributed by atoms with Crippen LogP contribution >= 0.6 is 0 Å². The maximum absolute atomic E-state index is 5.03. The number of rotatable bonds is 1. The van der Waals surface area contributed by atoms with Gasteiger partial charge in [0.15, 0.2) is 0 Å². The Hall–Kier alpha value is -0.0800. The first-order valence-electron chi connectivity index (χ1n) is 4.42. The van der Waals surface area contributed by atoms with Gasteiger partial charge in [-0.1, -0.05) is 27.7 Å². The van der Waals surface area contributed by atoms with E-state index in [1.165, 1.54) is 13.5 Å². The molecule has 0 amide bonds. The van der Waals surface area contributed by atoms with Crippen molar-refractivity contribution in [1.29, 1.82) is 0 Å². The third-order valence-corrected chi connectivity index (χ3v) is 1.75. The molecule has 70 valence electrons. The van der Waals surface area contributed by atoms with Gasteiger partial charge < -0.3 is 10.5 Å². The zero-order valence-corrected chi connectivity index (χ0v) is 8.61. The largest absolute Gasteiger partial charge is 0.380 e. The van der Waals surface area contributed by atoms with E-state index in [4.69, 9.17) is 4.74 Å². The maximum Gasteiger partial charge on any atom is 0.0542 e. The second kappa shape index (κ2) is 8.02. The Balaban J connectivity index is 0. The highest BCUT2D eigenvalue weighted by Gasteiger charge is 2.30. The van der Waals surface area contributed by atoms with E-state index in [0.29, 0.717) is 5.41 Å². The minimum absolute atomic E-state index is 0.542. The third-order valence-electron chi connectivity index (χ3n) is 1.75. The molecule has 0 aromatic rings. The lowest BCUT2D eigenvalue weighted by Gasteiger charge is -2.36. The van der Waals surface area contributed by atoms with Crippen LogP contribution in [0.25, 0.3) is 0 Å². The van der Waals surface area contributed by atoms with Gasteiger partial charge in [0.05, 0.1) is 13.2 Å². The van der Waals surface area contributed by atoms with E-state index in [2.05, 4.69) is 19.6 Å². The molecule has 2 N–H and O–H groups in total. The lowest BCUT2D eigenvalue weighted by molar-refractivity contribution is -0.103. The van der Waals surface area contributed by atoms with Crippen molar-refractivity contribution in [3.05, 3.63) is 0 Å². The highest BCUT2D eigenvalue weighted by atomic mass is 16.5. The summed E-state index contributed by atoms with van der Waals surface area (Å²) in [6, 6.07) is 0. The van der Waals surface area contributed by atoms with E-state index >= 15 is 0 Å². The minimum atomic E-state index is 0.542. The van der Waals surface area contributed by atoms with Crippen molar-refractivity contribution in [2.24, 2.45) is 11.1 Å². The Bertz CT molecular complexity index is 64.5. The smallest absolute Gasteiger partial charge is 0.0542 e. The van der Waals surface area contributed by atoms with Gasteiger partial charge >= 0.3 is 0 Å². The van der Waals surface area contributed by atoms with Crippen molar-refractivity contribution >= 4 is 0 Å². The number of nitrogens with two attached hydrogens (primary N) is 1. The highest BCUT2D eigenvalue weighted by Crippen LogP contribution is 2.29. The Kier molecular flexibility index (Phi) is 9.85. The van der Waals surface area contributed by atoms with Crippen molar-refractivity contribution in [3.8, 4) is 0 Å². The second-order valence-corrected chi connectivity index (χ2v) is 2.66. The van der Waals surface area contributed by atoms with Gasteiger partial charge in [-0.2, -0.15) is 0 Å². The van der Waals surface area contributed by atoms with Crippen molar-refractivity contribution in [2.75, 3.05) is 20.3 Å². The van der Waals surface area contributed by atoms with E-state index in [9.17, 15) is 0 Å². The molecule has 0 bridgehead atoms. The van der Waals surface area contributed by atoms with Crippen LogP contribution < -0.4 is 5.73 Å². The summed E-state index contributed by atoms with van der Waals surface area (Å²) in [7, 11) is 1.50. The van der Waals surface area contributed by atoms with Crippen LogP contribution in [0.5, 0.6) is 0 Å². The second-order valence-electron chi connectivity index (χ2n) is 2.66. The average Bonchev–Trinajstić information content (AvgIpc) is 2.08. The van der Waals surface area contributed by atoms with Crippen molar-refractivity contribution < 1.29 is 4.74 Å². The van der Waals surface area contributed by atoms with Crippen LogP contribution in [0.2, 0.25) is 0 Å². The van der Waals surface area contributed by atoms with E-state index in [0.717, 1.165) is 13.2 Å². The molecule has 2 nitrogen and oxygen atoms in total. The van der Waals surface area contributed by atoms with Crippen LogP contribution in [0, 0.1) is 5.41 Å². The van der Waals surface area contributed by atoms with Gasteiger partial charge in [-0.15, -0.1) is 0 Å². The molecule has 1 fully saturated rings. The van der Waals surface area contributed by atoms with Gasteiger partial charge in [-0.25, -0.2) is 0 Å². The van der Waals surface area contributed by atoms with Crippen LogP contribution in [0.15, 0.2) is 0 Å². The Morgan fingerprint density at radius 2 is 1.64 bits per heavy atom. The predicted octanol–water partition coefficient (Wildman–Crippen LogP) is 2.03. The molecule has 0 unspecified atom stereocenters. The van der Waals surface area contributed by atoms with Gasteiger partial charge in [0, 0.05) is 5.41 Å². The molecule has 0 radical (unpaired) electrons. The van der Waals surface area contributed by atoms with Crippen LogP contribution in [0.4, 0.5) is 0 Å². The van der Waals surface area contributed by atoms with Crippen molar-refractivity contribution in [2.45, 2.75) is 34.1 Å². The zero-order valence-electron chi connectivity index (χ0n) is 8.61. The summed E-state index contributed by atoms with van der Waals surface area (Å²) in [6.45, 7) is 10.4. The Morgan fingerprint density at radius 1 is 1.27 bits per heavy atom. The summed E-state index contributed by atoms with van der Waals surface area (Å²) in [6.07, 6.45) is 1.26. The first kappa shape index (κ1) is 13.5. The summed E-state index contributed by atoms with van der Waals surface area (Å²) < 4.78 is 5.03. The summed E-state index contributed by atoms with van der Waals surface area (Å²) >= 11 is 0. The summed E-state index contributed by atoms with van der Waals surface area (Å²) in [5.74, 6) is 0. The van der Waals surface area contributed by atoms with Crippen molar-refractivity contribution in [1.82, 2.24) is 0 Å². The van der Waals surface area contributed by atoms with Crippen LogP contribution in [0.3, 0.4) is 0 Å². The third kappa shape index (κ3) is 5.22. The van der Waals surface area contributed by atoms with Crippen molar-refractivity contribution in [3.63, 3.8) is 0 Å². The average molecular weight is 161 g/mol. The van der Waals surface area contributed by atoms with Crippen LogP contribution in [-0.2, 0) is 4.74 Å². The molecule has 0 aliphatic carbocycles. The molecular formula is C9H23NO. The van der Waals surface area contributed by atoms with Crippen LogP contribution in [-0.4, -0.2) is 20.3 Å². The molecular weight excluding hydrogens is 138 g/mol. The highest BCUT2D eigenvalue weighted by molar-refractivity contribution is 4.78. The molecule has 1 aliphatic heterocycles. The molecule has 0 saturated carbocycles. The lowest BCUT2D eigenvalue weighted by atomic mass is 9.86. The van der Waals surface area contributed by atoms with E-state index in [-0.39, 0.29) is 0 Å². The topological polar surface area (TPSA) is 35.2 Å². The molecule has 0 spiro atoms. The summed E-state index contributed by atoms with van der Waals surface area (Å²) in [5, 5.41) is 0. The maximum atomic E-state index is 5.03. The minimum Gasteiger partial charge on any atom is -0.380 e.